The maximum absolute atomic E-state index is 12.0. The number of carbonyl (C=O) groups excluding carboxylic acids is 1. The molecule has 0 spiro atoms. The number of rotatable bonds is 7. The van der Waals surface area contributed by atoms with Crippen molar-refractivity contribution < 1.29 is 9.53 Å². The van der Waals surface area contributed by atoms with E-state index in [1.165, 1.54) is 0 Å². The molecule has 0 heterocycles. The summed E-state index contributed by atoms with van der Waals surface area (Å²) in [5.74, 6) is 0.930. The van der Waals surface area contributed by atoms with Crippen LogP contribution < -0.4 is 10.1 Å². The number of carbonyl (C=O) groups is 1. The molecule has 1 amide bonds. The van der Waals surface area contributed by atoms with Crippen molar-refractivity contribution in [3.63, 3.8) is 0 Å². The molecule has 0 fully saturated rings. The highest BCUT2D eigenvalue weighted by atomic mass is 32.2. The Labute approximate surface area is 120 Å². The zero-order valence-corrected chi connectivity index (χ0v) is 12.9. The quantitative estimate of drug-likeness (QED) is 0.778. The van der Waals surface area contributed by atoms with Gasteiger partial charge in [0.1, 0.15) is 5.75 Å². The molecule has 0 aromatic heterocycles. The normalized spacial score (nSPS) is 13.7. The summed E-state index contributed by atoms with van der Waals surface area (Å²) in [6, 6.07) is 8.02. The molecule has 0 radical (unpaired) electrons. The molecule has 2 atom stereocenters. The van der Waals surface area contributed by atoms with E-state index in [4.69, 9.17) is 4.74 Å². The minimum atomic E-state index is -0.0901. The largest absolute Gasteiger partial charge is 0.497 e. The second-order valence-corrected chi connectivity index (χ2v) is 6.05. The van der Waals surface area contributed by atoms with E-state index >= 15 is 0 Å². The Balaban J connectivity index is 2.48. The van der Waals surface area contributed by atoms with Gasteiger partial charge in [-0.25, -0.2) is 0 Å². The number of nitrogens with one attached hydrogen (secondary N) is 1. The average molecular weight is 281 g/mol. The van der Waals surface area contributed by atoms with Gasteiger partial charge < -0.3 is 10.1 Å². The Morgan fingerprint density at radius 2 is 1.95 bits per heavy atom. The van der Waals surface area contributed by atoms with Crippen LogP contribution in [-0.4, -0.2) is 24.3 Å². The Kier molecular flexibility index (Phi) is 6.78. The minimum Gasteiger partial charge on any atom is -0.497 e. The van der Waals surface area contributed by atoms with Gasteiger partial charge in [0.2, 0.25) is 5.91 Å². The second kappa shape index (κ2) is 8.10. The smallest absolute Gasteiger partial charge is 0.233 e. The van der Waals surface area contributed by atoms with Crippen LogP contribution in [0.5, 0.6) is 5.75 Å². The molecule has 0 saturated carbocycles. The van der Waals surface area contributed by atoms with Crippen molar-refractivity contribution in [2.75, 3.05) is 7.11 Å². The number of hydrogen-bond donors (Lipinski definition) is 1. The van der Waals surface area contributed by atoms with Gasteiger partial charge in [0.05, 0.1) is 12.4 Å². The van der Waals surface area contributed by atoms with Crippen LogP contribution in [0, 0.1) is 0 Å². The van der Waals surface area contributed by atoms with Gasteiger partial charge >= 0.3 is 0 Å². The standard InChI is InChI=1S/C15H23NO2S/c1-5-6-11(2)16-15(17)12(3)19-14-9-7-13(18-4)8-10-14/h7-12H,5-6H2,1-4H3,(H,16,17)/t11-,12+/m0/s1. The fraction of sp³-hybridized carbons (Fsp3) is 0.533. The van der Waals surface area contributed by atoms with Crippen LogP contribution >= 0.6 is 11.8 Å². The molecule has 0 aliphatic carbocycles. The highest BCUT2D eigenvalue weighted by Gasteiger charge is 2.16. The molecule has 4 heteroatoms. The van der Waals surface area contributed by atoms with Crippen molar-refractivity contribution in [2.45, 2.75) is 49.8 Å². The van der Waals surface area contributed by atoms with Crippen molar-refractivity contribution >= 4 is 17.7 Å². The average Bonchev–Trinajstić information content (AvgIpc) is 2.39. The molecule has 19 heavy (non-hydrogen) atoms. The lowest BCUT2D eigenvalue weighted by atomic mass is 10.2. The van der Waals surface area contributed by atoms with E-state index in [9.17, 15) is 4.79 Å². The number of thioether (sulfide) groups is 1. The first-order valence-corrected chi connectivity index (χ1v) is 7.55. The zero-order chi connectivity index (χ0) is 14.3. The fourth-order valence-electron chi connectivity index (χ4n) is 1.78. The highest BCUT2D eigenvalue weighted by Crippen LogP contribution is 2.25. The first-order chi connectivity index (χ1) is 9.06. The first kappa shape index (κ1) is 15.9. The molecule has 0 saturated heterocycles. The SMILES string of the molecule is CCC[C@H](C)NC(=O)[C@@H](C)Sc1ccc(OC)cc1. The predicted molar refractivity (Wildman–Crippen MR) is 80.8 cm³/mol. The molecular formula is C15H23NO2S. The summed E-state index contributed by atoms with van der Waals surface area (Å²) >= 11 is 1.56. The molecular weight excluding hydrogens is 258 g/mol. The maximum atomic E-state index is 12.0. The molecule has 0 aliphatic rings. The number of hydrogen-bond acceptors (Lipinski definition) is 3. The summed E-state index contributed by atoms with van der Waals surface area (Å²) in [6.07, 6.45) is 2.10. The number of ether oxygens (including phenoxy) is 1. The van der Waals surface area contributed by atoms with Crippen LogP contribution in [0.25, 0.3) is 0 Å². The summed E-state index contributed by atoms with van der Waals surface area (Å²) in [4.78, 5) is 13.1. The van der Waals surface area contributed by atoms with Gasteiger partial charge in [0.15, 0.2) is 0 Å². The van der Waals surface area contributed by atoms with Gasteiger partial charge in [0, 0.05) is 10.9 Å². The third-order valence-electron chi connectivity index (χ3n) is 2.85. The Bertz CT molecular complexity index is 392. The van der Waals surface area contributed by atoms with E-state index in [1.54, 1.807) is 18.9 Å². The third-order valence-corrected chi connectivity index (χ3v) is 3.96. The number of benzene rings is 1. The van der Waals surface area contributed by atoms with Crippen molar-refractivity contribution in [1.82, 2.24) is 5.32 Å². The first-order valence-electron chi connectivity index (χ1n) is 6.68. The number of amides is 1. The Morgan fingerprint density at radius 3 is 2.47 bits per heavy atom. The van der Waals surface area contributed by atoms with Crippen LogP contribution in [-0.2, 0) is 4.79 Å². The van der Waals surface area contributed by atoms with Gasteiger partial charge in [-0.05, 0) is 44.5 Å². The van der Waals surface area contributed by atoms with Gasteiger partial charge in [0.25, 0.3) is 0 Å². The predicted octanol–water partition coefficient (Wildman–Crippen LogP) is 3.48. The van der Waals surface area contributed by atoms with Gasteiger partial charge in [-0.2, -0.15) is 0 Å². The van der Waals surface area contributed by atoms with E-state index in [2.05, 4.69) is 12.2 Å². The molecule has 0 bridgehead atoms. The minimum absolute atomic E-state index is 0.0901. The van der Waals surface area contributed by atoms with Crippen LogP contribution in [0.2, 0.25) is 0 Å². The van der Waals surface area contributed by atoms with E-state index in [-0.39, 0.29) is 17.2 Å². The monoisotopic (exact) mass is 281 g/mol. The van der Waals surface area contributed by atoms with Gasteiger partial charge in [-0.1, -0.05) is 13.3 Å². The van der Waals surface area contributed by atoms with Crippen molar-refractivity contribution in [3.8, 4) is 5.75 Å². The van der Waals surface area contributed by atoms with Crippen LogP contribution in [0.1, 0.15) is 33.6 Å². The van der Waals surface area contributed by atoms with E-state index in [0.717, 1.165) is 23.5 Å². The third kappa shape index (κ3) is 5.55. The summed E-state index contributed by atoms with van der Waals surface area (Å²) in [5, 5.41) is 2.95. The topological polar surface area (TPSA) is 38.3 Å². The molecule has 3 nitrogen and oxygen atoms in total. The molecule has 1 N–H and O–H groups in total. The molecule has 1 aromatic carbocycles. The second-order valence-electron chi connectivity index (χ2n) is 4.63. The summed E-state index contributed by atoms with van der Waals surface area (Å²) < 4.78 is 5.11. The van der Waals surface area contributed by atoms with Gasteiger partial charge in [-0.15, -0.1) is 11.8 Å². The summed E-state index contributed by atoms with van der Waals surface area (Å²) in [7, 11) is 1.65. The van der Waals surface area contributed by atoms with Crippen LogP contribution in [0.15, 0.2) is 29.2 Å². The van der Waals surface area contributed by atoms with E-state index in [0.29, 0.717) is 0 Å². The molecule has 0 aliphatic heterocycles. The van der Waals surface area contributed by atoms with Crippen LogP contribution in [0.4, 0.5) is 0 Å². The molecule has 1 aromatic rings. The van der Waals surface area contributed by atoms with E-state index < -0.39 is 0 Å². The summed E-state index contributed by atoms with van der Waals surface area (Å²) in [6.45, 7) is 6.10. The van der Waals surface area contributed by atoms with Crippen molar-refractivity contribution in [2.24, 2.45) is 0 Å². The fourth-order valence-corrected chi connectivity index (χ4v) is 2.65. The Hall–Kier alpha value is -1.16. The maximum Gasteiger partial charge on any atom is 0.233 e. The molecule has 106 valence electrons. The summed E-state index contributed by atoms with van der Waals surface area (Å²) in [5.41, 5.74) is 0. The lowest BCUT2D eigenvalue weighted by Crippen LogP contribution is -2.37. The molecule has 0 unspecified atom stereocenters. The number of methoxy groups -OCH3 is 1. The van der Waals surface area contributed by atoms with Crippen LogP contribution in [0.3, 0.4) is 0 Å². The van der Waals surface area contributed by atoms with Crippen molar-refractivity contribution in [3.05, 3.63) is 24.3 Å². The lowest BCUT2D eigenvalue weighted by Gasteiger charge is -2.16. The Morgan fingerprint density at radius 1 is 1.32 bits per heavy atom. The zero-order valence-electron chi connectivity index (χ0n) is 12.1. The highest BCUT2D eigenvalue weighted by molar-refractivity contribution is 8.00. The van der Waals surface area contributed by atoms with E-state index in [1.807, 2.05) is 38.1 Å². The molecule has 1 rings (SSSR count). The van der Waals surface area contributed by atoms with Gasteiger partial charge in [-0.3, -0.25) is 4.79 Å². The van der Waals surface area contributed by atoms with Crippen molar-refractivity contribution in [1.29, 1.82) is 0 Å². The lowest BCUT2D eigenvalue weighted by molar-refractivity contribution is -0.120.